The molecule has 0 radical (unpaired) electrons. The summed E-state index contributed by atoms with van der Waals surface area (Å²) in [6, 6.07) is 7.55. The zero-order chi connectivity index (χ0) is 16.3. The van der Waals surface area contributed by atoms with Crippen molar-refractivity contribution in [2.24, 2.45) is 11.7 Å². The van der Waals surface area contributed by atoms with Gasteiger partial charge in [-0.3, -0.25) is 4.79 Å². The quantitative estimate of drug-likeness (QED) is 0.830. The molecular formula is C16H21Cl2N3OS. The smallest absolute Gasteiger partial charge is 0.230 e. The lowest BCUT2D eigenvalue weighted by molar-refractivity contribution is -0.119. The number of carbonyl (C=O) groups excluding carboxylic acids is 1. The van der Waals surface area contributed by atoms with Crippen LogP contribution in [0.5, 0.6) is 0 Å². The number of nitrogens with one attached hydrogen (secondary N) is 1. The lowest BCUT2D eigenvalue weighted by Crippen LogP contribution is -2.34. The number of aryl methyl sites for hydroxylation is 1. The summed E-state index contributed by atoms with van der Waals surface area (Å²) in [6.07, 6.45) is 0.710. The van der Waals surface area contributed by atoms with E-state index in [1.54, 1.807) is 0 Å². The maximum atomic E-state index is 12.0. The molecule has 4 nitrogen and oxygen atoms in total. The van der Waals surface area contributed by atoms with Gasteiger partial charge >= 0.3 is 0 Å². The van der Waals surface area contributed by atoms with Gasteiger partial charge in [0.2, 0.25) is 5.91 Å². The normalized spacial score (nSPS) is 13.1. The third-order valence-electron chi connectivity index (χ3n) is 3.63. The maximum absolute atomic E-state index is 12.0. The molecule has 7 heteroatoms. The average Bonchev–Trinajstić information content (AvgIpc) is 2.80. The van der Waals surface area contributed by atoms with E-state index in [-0.39, 0.29) is 30.3 Å². The highest BCUT2D eigenvalue weighted by atomic mass is 35.5. The number of amides is 1. The molecule has 2 atom stereocenters. The largest absolute Gasteiger partial charge is 0.327 e. The van der Waals surface area contributed by atoms with Gasteiger partial charge in [0.25, 0.3) is 0 Å². The van der Waals surface area contributed by atoms with Crippen molar-refractivity contribution in [2.75, 3.05) is 5.32 Å². The van der Waals surface area contributed by atoms with Crippen molar-refractivity contribution < 1.29 is 4.79 Å². The van der Waals surface area contributed by atoms with E-state index in [4.69, 9.17) is 17.3 Å². The Hall–Kier alpha value is -1.14. The van der Waals surface area contributed by atoms with Crippen molar-refractivity contribution >= 4 is 46.4 Å². The highest BCUT2D eigenvalue weighted by molar-refractivity contribution is 7.15. The van der Waals surface area contributed by atoms with E-state index in [0.29, 0.717) is 11.6 Å². The molecule has 0 bridgehead atoms. The summed E-state index contributed by atoms with van der Waals surface area (Å²) >= 11 is 7.67. The number of aromatic nitrogens is 1. The second-order valence-corrected chi connectivity index (χ2v) is 6.92. The van der Waals surface area contributed by atoms with E-state index >= 15 is 0 Å². The average molecular weight is 374 g/mol. The van der Waals surface area contributed by atoms with Crippen LogP contribution in [-0.2, 0) is 11.2 Å². The SMILES string of the molecule is Cc1nc(NC(=O)C(C)C(C)N)sc1Cc1ccccc1Cl.Cl. The first-order chi connectivity index (χ1) is 10.4. The number of thiazole rings is 1. The highest BCUT2D eigenvalue weighted by Gasteiger charge is 2.19. The van der Waals surface area contributed by atoms with E-state index < -0.39 is 0 Å². The molecule has 0 saturated carbocycles. The number of hydrogen-bond acceptors (Lipinski definition) is 4. The van der Waals surface area contributed by atoms with Crippen LogP contribution in [-0.4, -0.2) is 16.9 Å². The molecular weight excluding hydrogens is 353 g/mol. The van der Waals surface area contributed by atoms with Gasteiger partial charge in [-0.05, 0) is 25.5 Å². The fourth-order valence-electron chi connectivity index (χ4n) is 1.92. The Morgan fingerprint density at radius 3 is 2.65 bits per heavy atom. The molecule has 1 heterocycles. The minimum Gasteiger partial charge on any atom is -0.327 e. The Morgan fingerprint density at radius 2 is 2.04 bits per heavy atom. The Kier molecular flexibility index (Phi) is 7.48. The van der Waals surface area contributed by atoms with Crippen molar-refractivity contribution in [1.29, 1.82) is 0 Å². The van der Waals surface area contributed by atoms with Crippen molar-refractivity contribution in [3.05, 3.63) is 45.4 Å². The van der Waals surface area contributed by atoms with Crippen LogP contribution < -0.4 is 11.1 Å². The Balaban J connectivity index is 0.00000264. The van der Waals surface area contributed by atoms with Gasteiger partial charge < -0.3 is 11.1 Å². The molecule has 23 heavy (non-hydrogen) atoms. The summed E-state index contributed by atoms with van der Waals surface area (Å²) in [5.74, 6) is -0.357. The number of rotatable bonds is 5. The fraction of sp³-hybridized carbons (Fsp3) is 0.375. The third-order valence-corrected chi connectivity index (χ3v) is 5.08. The Labute approximate surface area is 151 Å². The molecule has 0 aliphatic carbocycles. The molecule has 0 aliphatic rings. The van der Waals surface area contributed by atoms with Gasteiger partial charge in [-0.1, -0.05) is 36.7 Å². The molecule has 3 N–H and O–H groups in total. The van der Waals surface area contributed by atoms with Gasteiger partial charge in [0.1, 0.15) is 0 Å². The van der Waals surface area contributed by atoms with Gasteiger partial charge in [-0.2, -0.15) is 0 Å². The number of halogens is 2. The summed E-state index contributed by atoms with van der Waals surface area (Å²) < 4.78 is 0. The Bertz CT molecular complexity index is 673. The first kappa shape index (κ1) is 19.9. The van der Waals surface area contributed by atoms with Crippen molar-refractivity contribution in [3.63, 3.8) is 0 Å². The number of nitrogens with zero attached hydrogens (tertiary/aromatic N) is 1. The first-order valence-corrected chi connectivity index (χ1v) is 8.34. The zero-order valence-electron chi connectivity index (χ0n) is 13.3. The topological polar surface area (TPSA) is 68.0 Å². The van der Waals surface area contributed by atoms with Crippen LogP contribution in [0, 0.1) is 12.8 Å². The monoisotopic (exact) mass is 373 g/mol. The van der Waals surface area contributed by atoms with Gasteiger partial charge in [-0.15, -0.1) is 23.7 Å². The van der Waals surface area contributed by atoms with Gasteiger partial charge in [0.15, 0.2) is 5.13 Å². The van der Waals surface area contributed by atoms with E-state index in [2.05, 4.69) is 10.3 Å². The van der Waals surface area contributed by atoms with Gasteiger partial charge in [0, 0.05) is 22.4 Å². The van der Waals surface area contributed by atoms with Crippen molar-refractivity contribution in [3.8, 4) is 0 Å². The molecule has 0 spiro atoms. The molecule has 2 rings (SSSR count). The summed E-state index contributed by atoms with van der Waals surface area (Å²) in [7, 11) is 0. The molecule has 1 aromatic heterocycles. The molecule has 2 unspecified atom stereocenters. The molecule has 126 valence electrons. The minimum absolute atomic E-state index is 0. The summed E-state index contributed by atoms with van der Waals surface area (Å²) in [5, 5.41) is 4.19. The minimum atomic E-state index is -0.253. The molecule has 2 aromatic rings. The number of nitrogens with two attached hydrogens (primary N) is 1. The third kappa shape index (κ3) is 5.18. The predicted octanol–water partition coefficient (Wildman–Crippen LogP) is 4.04. The zero-order valence-corrected chi connectivity index (χ0v) is 15.7. The fourth-order valence-corrected chi connectivity index (χ4v) is 3.11. The van der Waals surface area contributed by atoms with Crippen molar-refractivity contribution in [1.82, 2.24) is 4.98 Å². The second-order valence-electron chi connectivity index (χ2n) is 5.43. The number of benzene rings is 1. The van der Waals surface area contributed by atoms with Crippen molar-refractivity contribution in [2.45, 2.75) is 33.2 Å². The Morgan fingerprint density at radius 1 is 1.39 bits per heavy atom. The molecule has 1 amide bonds. The van der Waals surface area contributed by atoms with Crippen LogP contribution in [0.15, 0.2) is 24.3 Å². The first-order valence-electron chi connectivity index (χ1n) is 7.14. The number of anilines is 1. The lowest BCUT2D eigenvalue weighted by Gasteiger charge is -2.13. The van der Waals surface area contributed by atoms with Crippen LogP contribution in [0.25, 0.3) is 0 Å². The van der Waals surface area contributed by atoms with Crippen LogP contribution in [0.2, 0.25) is 5.02 Å². The van der Waals surface area contributed by atoms with E-state index in [1.165, 1.54) is 11.3 Å². The molecule has 1 aromatic carbocycles. The summed E-state index contributed by atoms with van der Waals surface area (Å²) in [5.41, 5.74) is 7.72. The highest BCUT2D eigenvalue weighted by Crippen LogP contribution is 2.28. The van der Waals surface area contributed by atoms with E-state index in [9.17, 15) is 4.79 Å². The standard InChI is InChI=1S/C16H20ClN3OS.ClH/c1-9(10(2)18)15(21)20-16-19-11(3)14(22-16)8-12-6-4-5-7-13(12)17;/h4-7,9-10H,8,18H2,1-3H3,(H,19,20,21);1H. The van der Waals surface area contributed by atoms with Crippen LogP contribution >= 0.6 is 35.3 Å². The molecule has 0 fully saturated rings. The van der Waals surface area contributed by atoms with Crippen LogP contribution in [0.1, 0.15) is 30.0 Å². The molecule has 0 saturated heterocycles. The van der Waals surface area contributed by atoms with Crippen LogP contribution in [0.3, 0.4) is 0 Å². The van der Waals surface area contributed by atoms with Gasteiger partial charge in [0.05, 0.1) is 11.6 Å². The lowest BCUT2D eigenvalue weighted by atomic mass is 10.0. The number of hydrogen-bond donors (Lipinski definition) is 2. The van der Waals surface area contributed by atoms with E-state index in [0.717, 1.165) is 21.2 Å². The molecule has 0 aliphatic heterocycles. The van der Waals surface area contributed by atoms with Crippen LogP contribution in [0.4, 0.5) is 5.13 Å². The van der Waals surface area contributed by atoms with E-state index in [1.807, 2.05) is 45.0 Å². The second kappa shape index (κ2) is 8.64. The number of carbonyl (C=O) groups is 1. The predicted molar refractivity (Wildman–Crippen MR) is 99.8 cm³/mol. The van der Waals surface area contributed by atoms with Gasteiger partial charge in [-0.25, -0.2) is 4.98 Å². The maximum Gasteiger partial charge on any atom is 0.230 e. The summed E-state index contributed by atoms with van der Waals surface area (Å²) in [4.78, 5) is 17.6. The summed E-state index contributed by atoms with van der Waals surface area (Å²) in [6.45, 7) is 5.57.